The van der Waals surface area contributed by atoms with Crippen molar-refractivity contribution in [2.75, 3.05) is 12.8 Å². The highest BCUT2D eigenvalue weighted by molar-refractivity contribution is 7.83. The number of nitrogens with one attached hydrogen (secondary N) is 1. The third-order valence-electron chi connectivity index (χ3n) is 3.66. The highest BCUT2D eigenvalue weighted by Gasteiger charge is 2.28. The van der Waals surface area contributed by atoms with Crippen LogP contribution in [0.5, 0.6) is 0 Å². The molecule has 0 saturated carbocycles. The van der Waals surface area contributed by atoms with Crippen LogP contribution in [0.2, 0.25) is 0 Å². The summed E-state index contributed by atoms with van der Waals surface area (Å²) in [4.78, 5) is 12.3. The van der Waals surface area contributed by atoms with Crippen LogP contribution in [0.4, 0.5) is 0 Å². The van der Waals surface area contributed by atoms with Crippen molar-refractivity contribution in [2.24, 2.45) is 11.7 Å². The van der Waals surface area contributed by atoms with E-state index in [0.717, 1.165) is 5.56 Å². The summed E-state index contributed by atoms with van der Waals surface area (Å²) in [5, 5.41) is 3.00. The molecule has 2 atom stereocenters. The highest BCUT2D eigenvalue weighted by atomic mass is 32.2. The quantitative estimate of drug-likeness (QED) is 0.838. The fourth-order valence-electron chi connectivity index (χ4n) is 1.80. The maximum Gasteiger partial charge on any atom is 0.251 e. The maximum atomic E-state index is 12.3. The Morgan fingerprint density at radius 1 is 1.45 bits per heavy atom. The van der Waals surface area contributed by atoms with E-state index < -0.39 is 16.3 Å². The van der Waals surface area contributed by atoms with Gasteiger partial charge in [-0.05, 0) is 30.5 Å². The van der Waals surface area contributed by atoms with Crippen LogP contribution < -0.4 is 11.1 Å². The smallest absolute Gasteiger partial charge is 0.251 e. The Morgan fingerprint density at radius 2 is 2.10 bits per heavy atom. The van der Waals surface area contributed by atoms with Crippen LogP contribution in [-0.2, 0) is 16.6 Å². The van der Waals surface area contributed by atoms with Crippen LogP contribution in [-0.4, -0.2) is 28.5 Å². The fourth-order valence-corrected chi connectivity index (χ4v) is 2.45. The van der Waals surface area contributed by atoms with Crippen LogP contribution in [0, 0.1) is 5.92 Å². The third-order valence-corrected chi connectivity index (χ3v) is 4.40. The lowest BCUT2D eigenvalue weighted by molar-refractivity contribution is 0.0883. The van der Waals surface area contributed by atoms with Gasteiger partial charge in [0, 0.05) is 34.9 Å². The Kier molecular flexibility index (Phi) is 5.89. The summed E-state index contributed by atoms with van der Waals surface area (Å²) >= 11 is 0. The topological polar surface area (TPSA) is 72.2 Å². The summed E-state index contributed by atoms with van der Waals surface area (Å²) in [5.74, 6) is 0.553. The molecule has 5 heteroatoms. The van der Waals surface area contributed by atoms with Crippen LogP contribution in [0.3, 0.4) is 0 Å². The molecule has 0 aromatic heterocycles. The second kappa shape index (κ2) is 6.99. The molecule has 0 aliphatic heterocycles. The Morgan fingerprint density at radius 3 is 2.60 bits per heavy atom. The second-order valence-corrected chi connectivity index (χ2v) is 7.08. The minimum Gasteiger partial charge on any atom is -0.345 e. The van der Waals surface area contributed by atoms with Crippen molar-refractivity contribution in [3.63, 3.8) is 0 Å². The Labute approximate surface area is 123 Å². The summed E-state index contributed by atoms with van der Waals surface area (Å²) < 4.78 is 11.3. The SMILES string of the molecule is CC(C)C(C)(CN)NC(=O)c1cccc(CS(C)=O)c1. The zero-order valence-electron chi connectivity index (χ0n) is 12.6. The summed E-state index contributed by atoms with van der Waals surface area (Å²) in [7, 11) is -0.918. The van der Waals surface area contributed by atoms with E-state index in [2.05, 4.69) is 5.32 Å². The molecule has 112 valence electrons. The Balaban J connectivity index is 2.90. The van der Waals surface area contributed by atoms with Gasteiger partial charge in [0.25, 0.3) is 5.91 Å². The van der Waals surface area contributed by atoms with Crippen LogP contribution in [0.1, 0.15) is 36.7 Å². The van der Waals surface area contributed by atoms with Crippen molar-refractivity contribution in [2.45, 2.75) is 32.1 Å². The molecule has 2 unspecified atom stereocenters. The molecule has 3 N–H and O–H groups in total. The molecule has 1 rings (SSSR count). The van der Waals surface area contributed by atoms with E-state index >= 15 is 0 Å². The molecule has 20 heavy (non-hydrogen) atoms. The number of carbonyl (C=O) groups excluding carboxylic acids is 1. The number of hydrogen-bond donors (Lipinski definition) is 2. The number of hydrogen-bond acceptors (Lipinski definition) is 3. The molecule has 0 radical (unpaired) electrons. The molecule has 1 aromatic rings. The number of benzene rings is 1. The van der Waals surface area contributed by atoms with Crippen LogP contribution in [0.25, 0.3) is 0 Å². The van der Waals surface area contributed by atoms with Gasteiger partial charge in [0.05, 0.1) is 5.54 Å². The number of rotatable bonds is 6. The lowest BCUT2D eigenvalue weighted by Gasteiger charge is -2.33. The van der Waals surface area contributed by atoms with Crippen molar-refractivity contribution < 1.29 is 9.00 Å². The normalized spacial score (nSPS) is 15.7. The minimum absolute atomic E-state index is 0.143. The first-order valence-corrected chi connectivity index (χ1v) is 8.42. The summed E-state index contributed by atoms with van der Waals surface area (Å²) in [6.45, 7) is 6.39. The van der Waals surface area contributed by atoms with E-state index in [1.165, 1.54) is 0 Å². The first kappa shape index (κ1) is 16.9. The molecule has 0 fully saturated rings. The van der Waals surface area contributed by atoms with E-state index in [4.69, 9.17) is 5.73 Å². The van der Waals surface area contributed by atoms with E-state index in [-0.39, 0.29) is 11.8 Å². The number of amides is 1. The van der Waals surface area contributed by atoms with Gasteiger partial charge in [-0.1, -0.05) is 26.0 Å². The molecule has 0 aliphatic rings. The second-order valence-electron chi connectivity index (χ2n) is 5.65. The van der Waals surface area contributed by atoms with Gasteiger partial charge in [-0.2, -0.15) is 0 Å². The highest BCUT2D eigenvalue weighted by Crippen LogP contribution is 2.16. The van der Waals surface area contributed by atoms with Crippen LogP contribution in [0.15, 0.2) is 24.3 Å². The molecule has 0 bridgehead atoms. The van der Waals surface area contributed by atoms with Crippen molar-refractivity contribution >= 4 is 16.7 Å². The standard InChI is InChI=1S/C15H24N2O2S/c1-11(2)15(3,10-16)17-14(18)13-7-5-6-12(8-13)9-20(4)19/h5-8,11H,9-10,16H2,1-4H3,(H,17,18). The van der Waals surface area contributed by atoms with Gasteiger partial charge in [0.1, 0.15) is 0 Å². The van der Waals surface area contributed by atoms with E-state index in [1.54, 1.807) is 18.4 Å². The Hall–Kier alpha value is -1.20. The first-order chi connectivity index (χ1) is 9.28. The van der Waals surface area contributed by atoms with Crippen LogP contribution >= 0.6 is 0 Å². The summed E-state index contributed by atoms with van der Waals surface area (Å²) in [6, 6.07) is 7.23. The molecule has 0 spiro atoms. The lowest BCUT2D eigenvalue weighted by atomic mass is 9.88. The molecule has 4 nitrogen and oxygen atoms in total. The van der Waals surface area contributed by atoms with Crippen molar-refractivity contribution in [3.8, 4) is 0 Å². The molecule has 0 aliphatic carbocycles. The predicted molar refractivity (Wildman–Crippen MR) is 84.0 cm³/mol. The molecular formula is C15H24N2O2S. The summed E-state index contributed by atoms with van der Waals surface area (Å²) in [5.41, 5.74) is 6.82. The van der Waals surface area contributed by atoms with Crippen molar-refractivity contribution in [1.29, 1.82) is 0 Å². The Bertz CT molecular complexity index is 502. The molecule has 0 saturated heterocycles. The third kappa shape index (κ3) is 4.42. The fraction of sp³-hybridized carbons (Fsp3) is 0.533. The molecular weight excluding hydrogens is 272 g/mol. The van der Waals surface area contributed by atoms with Gasteiger partial charge in [-0.15, -0.1) is 0 Å². The number of nitrogens with two attached hydrogens (primary N) is 1. The maximum absolute atomic E-state index is 12.3. The summed E-state index contributed by atoms with van der Waals surface area (Å²) in [6.07, 6.45) is 1.65. The average molecular weight is 296 g/mol. The van der Waals surface area contributed by atoms with Gasteiger partial charge in [-0.3, -0.25) is 9.00 Å². The first-order valence-electron chi connectivity index (χ1n) is 6.70. The molecule has 1 aromatic carbocycles. The minimum atomic E-state index is -0.918. The average Bonchev–Trinajstić information content (AvgIpc) is 2.37. The van der Waals surface area contributed by atoms with Gasteiger partial charge in [0.15, 0.2) is 0 Å². The zero-order chi connectivity index (χ0) is 15.3. The van der Waals surface area contributed by atoms with Gasteiger partial charge < -0.3 is 11.1 Å². The van der Waals surface area contributed by atoms with Gasteiger partial charge in [-0.25, -0.2) is 0 Å². The van der Waals surface area contributed by atoms with Crippen molar-refractivity contribution in [3.05, 3.63) is 35.4 Å². The molecule has 1 amide bonds. The van der Waals surface area contributed by atoms with Crippen molar-refractivity contribution in [1.82, 2.24) is 5.32 Å². The monoisotopic (exact) mass is 296 g/mol. The van der Waals surface area contributed by atoms with E-state index in [1.807, 2.05) is 32.9 Å². The molecule has 0 heterocycles. The lowest BCUT2D eigenvalue weighted by Crippen LogP contribution is -2.55. The van der Waals surface area contributed by atoms with Gasteiger partial charge >= 0.3 is 0 Å². The number of carbonyl (C=O) groups is 1. The van der Waals surface area contributed by atoms with Gasteiger partial charge in [0.2, 0.25) is 0 Å². The van der Waals surface area contributed by atoms with E-state index in [9.17, 15) is 9.00 Å². The predicted octanol–water partition coefficient (Wildman–Crippen LogP) is 1.67. The largest absolute Gasteiger partial charge is 0.345 e. The van der Waals surface area contributed by atoms with E-state index in [0.29, 0.717) is 17.9 Å². The zero-order valence-corrected chi connectivity index (χ0v) is 13.4.